The quantitative estimate of drug-likeness (QED) is 0.520. The molecule has 0 aliphatic carbocycles. The second-order valence-corrected chi connectivity index (χ2v) is 7.86. The van der Waals surface area contributed by atoms with Gasteiger partial charge in [-0.2, -0.15) is 0 Å². The van der Waals surface area contributed by atoms with Crippen molar-refractivity contribution in [1.29, 1.82) is 0 Å². The first-order valence-corrected chi connectivity index (χ1v) is 9.62. The summed E-state index contributed by atoms with van der Waals surface area (Å²) in [5.41, 5.74) is 10.5. The first kappa shape index (κ1) is 16.8. The van der Waals surface area contributed by atoms with E-state index in [2.05, 4.69) is 10.3 Å². The molecule has 6 nitrogen and oxygen atoms in total. The molecule has 0 saturated heterocycles. The van der Waals surface area contributed by atoms with E-state index in [1.807, 2.05) is 50.2 Å². The van der Waals surface area contributed by atoms with Gasteiger partial charge in [0.25, 0.3) is 5.91 Å². The summed E-state index contributed by atoms with van der Waals surface area (Å²) < 4.78 is 10.9. The summed E-state index contributed by atoms with van der Waals surface area (Å²) >= 11 is 1.29. The van der Waals surface area contributed by atoms with Crippen LogP contribution < -0.4 is 20.5 Å². The summed E-state index contributed by atoms with van der Waals surface area (Å²) in [7, 11) is 0. The minimum absolute atomic E-state index is 0.213. The van der Waals surface area contributed by atoms with Gasteiger partial charge in [-0.05, 0) is 37.6 Å². The third kappa shape index (κ3) is 2.63. The molecule has 0 radical (unpaired) electrons. The highest BCUT2D eigenvalue weighted by molar-refractivity contribution is 7.21. The lowest BCUT2D eigenvalue weighted by Crippen LogP contribution is -2.12. The lowest BCUT2D eigenvalue weighted by atomic mass is 10.1. The van der Waals surface area contributed by atoms with E-state index >= 15 is 0 Å². The Morgan fingerprint density at radius 3 is 2.71 bits per heavy atom. The standard InChI is InChI=1S/C21H17N3O3S/c1-10-3-4-14(11(2)5-10)23-20(25)19-18(22)13-6-12-7-16-17(27-9-26-16)8-15(12)24-21(13)28-19/h3-8H,9,22H2,1-2H3,(H,23,25). The molecule has 4 aromatic rings. The Morgan fingerprint density at radius 1 is 1.14 bits per heavy atom. The van der Waals surface area contributed by atoms with Crippen molar-refractivity contribution in [2.45, 2.75) is 13.8 Å². The van der Waals surface area contributed by atoms with Crippen molar-refractivity contribution in [3.8, 4) is 11.5 Å². The number of benzene rings is 2. The maximum Gasteiger partial charge on any atom is 0.267 e. The molecule has 0 unspecified atom stereocenters. The van der Waals surface area contributed by atoms with E-state index in [-0.39, 0.29) is 12.7 Å². The maximum atomic E-state index is 12.9. The summed E-state index contributed by atoms with van der Waals surface area (Å²) in [4.78, 5) is 18.7. The topological polar surface area (TPSA) is 86.5 Å². The monoisotopic (exact) mass is 391 g/mol. The number of nitrogens with two attached hydrogens (primary N) is 1. The van der Waals surface area contributed by atoms with Crippen molar-refractivity contribution in [1.82, 2.24) is 4.98 Å². The van der Waals surface area contributed by atoms with Crippen LogP contribution in [0.2, 0.25) is 0 Å². The molecule has 5 rings (SSSR count). The summed E-state index contributed by atoms with van der Waals surface area (Å²) in [6.45, 7) is 4.20. The smallest absolute Gasteiger partial charge is 0.267 e. The second-order valence-electron chi connectivity index (χ2n) is 6.86. The number of thiophene rings is 1. The Labute approximate surface area is 164 Å². The normalized spacial score (nSPS) is 12.6. The molecule has 1 amide bonds. The average Bonchev–Trinajstić information content (AvgIpc) is 3.24. The number of nitrogens with one attached hydrogen (secondary N) is 1. The molecule has 0 fully saturated rings. The molecule has 2 aromatic carbocycles. The molecular weight excluding hydrogens is 374 g/mol. The van der Waals surface area contributed by atoms with E-state index in [4.69, 9.17) is 15.2 Å². The summed E-state index contributed by atoms with van der Waals surface area (Å²) in [5, 5.41) is 4.61. The van der Waals surface area contributed by atoms with Crippen molar-refractivity contribution in [3.05, 3.63) is 52.4 Å². The Bertz CT molecular complexity index is 1280. The highest BCUT2D eigenvalue weighted by Gasteiger charge is 2.20. The van der Waals surface area contributed by atoms with Crippen LogP contribution in [0.15, 0.2) is 36.4 Å². The number of anilines is 2. The molecule has 0 spiro atoms. The van der Waals surface area contributed by atoms with Crippen LogP contribution in [0, 0.1) is 13.8 Å². The van der Waals surface area contributed by atoms with E-state index in [9.17, 15) is 4.79 Å². The number of hydrogen-bond donors (Lipinski definition) is 2. The number of pyridine rings is 1. The number of amides is 1. The van der Waals surface area contributed by atoms with E-state index in [1.54, 1.807) is 0 Å². The summed E-state index contributed by atoms with van der Waals surface area (Å²) in [6, 6.07) is 11.6. The van der Waals surface area contributed by atoms with E-state index < -0.39 is 0 Å². The van der Waals surface area contributed by atoms with Crippen LogP contribution in [0.5, 0.6) is 11.5 Å². The van der Waals surface area contributed by atoms with Gasteiger partial charge in [-0.25, -0.2) is 4.98 Å². The molecule has 28 heavy (non-hydrogen) atoms. The van der Waals surface area contributed by atoms with Crippen LogP contribution in [0.1, 0.15) is 20.8 Å². The van der Waals surface area contributed by atoms with Gasteiger partial charge in [-0.3, -0.25) is 4.79 Å². The number of rotatable bonds is 2. The zero-order valence-electron chi connectivity index (χ0n) is 15.3. The van der Waals surface area contributed by atoms with Gasteiger partial charge in [0.2, 0.25) is 6.79 Å². The third-order valence-electron chi connectivity index (χ3n) is 4.84. The second kappa shape index (κ2) is 6.10. The van der Waals surface area contributed by atoms with Crippen molar-refractivity contribution in [2.75, 3.05) is 17.8 Å². The fourth-order valence-corrected chi connectivity index (χ4v) is 4.37. The van der Waals surface area contributed by atoms with Gasteiger partial charge < -0.3 is 20.5 Å². The number of carbonyl (C=O) groups is 1. The fourth-order valence-electron chi connectivity index (χ4n) is 3.39. The van der Waals surface area contributed by atoms with Crippen molar-refractivity contribution >= 4 is 49.7 Å². The van der Waals surface area contributed by atoms with Gasteiger partial charge in [-0.1, -0.05) is 17.7 Å². The number of ether oxygens (including phenoxy) is 2. The maximum absolute atomic E-state index is 12.9. The zero-order valence-corrected chi connectivity index (χ0v) is 16.1. The van der Waals surface area contributed by atoms with Crippen LogP contribution >= 0.6 is 11.3 Å². The minimum Gasteiger partial charge on any atom is -0.454 e. The number of hydrogen-bond acceptors (Lipinski definition) is 6. The van der Waals surface area contributed by atoms with Gasteiger partial charge in [0, 0.05) is 22.5 Å². The lowest BCUT2D eigenvalue weighted by molar-refractivity contribution is 0.103. The Hall–Kier alpha value is -3.32. The molecule has 1 aliphatic heterocycles. The molecule has 0 bridgehead atoms. The Morgan fingerprint density at radius 2 is 1.93 bits per heavy atom. The number of carbonyl (C=O) groups excluding carboxylic acids is 1. The van der Waals surface area contributed by atoms with Gasteiger partial charge in [0.1, 0.15) is 9.71 Å². The molecule has 0 atom stereocenters. The average molecular weight is 391 g/mol. The highest BCUT2D eigenvalue weighted by Crippen LogP contribution is 2.39. The van der Waals surface area contributed by atoms with Gasteiger partial charge >= 0.3 is 0 Å². The number of aryl methyl sites for hydroxylation is 2. The molecule has 3 heterocycles. The van der Waals surface area contributed by atoms with Crippen LogP contribution in [-0.2, 0) is 0 Å². The van der Waals surface area contributed by atoms with Crippen LogP contribution in [0.4, 0.5) is 11.4 Å². The van der Waals surface area contributed by atoms with Gasteiger partial charge in [-0.15, -0.1) is 11.3 Å². The first-order chi connectivity index (χ1) is 13.5. The van der Waals surface area contributed by atoms with E-state index in [1.165, 1.54) is 11.3 Å². The van der Waals surface area contributed by atoms with Crippen LogP contribution in [0.25, 0.3) is 21.1 Å². The largest absolute Gasteiger partial charge is 0.454 e. The van der Waals surface area contributed by atoms with Crippen molar-refractivity contribution in [2.24, 2.45) is 0 Å². The minimum atomic E-state index is -0.231. The fraction of sp³-hybridized carbons (Fsp3) is 0.143. The Kier molecular flexibility index (Phi) is 3.67. The molecular formula is C21H17N3O3S. The number of nitrogens with zero attached hydrogens (tertiary/aromatic N) is 1. The van der Waals surface area contributed by atoms with Gasteiger partial charge in [0.15, 0.2) is 11.5 Å². The number of aromatic nitrogens is 1. The Balaban J connectivity index is 1.57. The van der Waals surface area contributed by atoms with E-state index in [0.717, 1.165) is 37.9 Å². The van der Waals surface area contributed by atoms with Crippen molar-refractivity contribution < 1.29 is 14.3 Å². The first-order valence-electron chi connectivity index (χ1n) is 8.80. The van der Waals surface area contributed by atoms with Crippen LogP contribution in [0.3, 0.4) is 0 Å². The lowest BCUT2D eigenvalue weighted by Gasteiger charge is -2.08. The predicted molar refractivity (Wildman–Crippen MR) is 112 cm³/mol. The molecule has 3 N–H and O–H groups in total. The molecule has 2 aromatic heterocycles. The van der Waals surface area contributed by atoms with E-state index in [0.29, 0.717) is 22.1 Å². The third-order valence-corrected chi connectivity index (χ3v) is 5.96. The molecule has 7 heteroatoms. The van der Waals surface area contributed by atoms with Crippen LogP contribution in [-0.4, -0.2) is 17.7 Å². The number of nitrogen functional groups attached to an aromatic ring is 1. The molecule has 0 saturated carbocycles. The molecule has 1 aliphatic rings. The molecule has 140 valence electrons. The summed E-state index contributed by atoms with van der Waals surface area (Å²) in [5.74, 6) is 1.14. The van der Waals surface area contributed by atoms with Crippen molar-refractivity contribution in [3.63, 3.8) is 0 Å². The highest BCUT2D eigenvalue weighted by atomic mass is 32.1. The predicted octanol–water partition coefficient (Wildman–Crippen LogP) is 4.63. The summed E-state index contributed by atoms with van der Waals surface area (Å²) in [6.07, 6.45) is 0. The van der Waals surface area contributed by atoms with Gasteiger partial charge in [0.05, 0.1) is 11.2 Å². The SMILES string of the molecule is Cc1ccc(NC(=O)c2sc3nc4cc5c(cc4cc3c2N)OCO5)c(C)c1. The zero-order chi connectivity index (χ0) is 19.4. The number of fused-ring (bicyclic) bond motifs is 3.